The molecule has 0 radical (unpaired) electrons. The van der Waals surface area contributed by atoms with Gasteiger partial charge in [-0.25, -0.2) is 0 Å². The summed E-state index contributed by atoms with van der Waals surface area (Å²) < 4.78 is 6.23. The van der Waals surface area contributed by atoms with Gasteiger partial charge in [-0.2, -0.15) is 0 Å². The van der Waals surface area contributed by atoms with Crippen molar-refractivity contribution in [3.05, 3.63) is 0 Å². The van der Waals surface area contributed by atoms with Crippen LogP contribution in [0, 0.1) is 0 Å². The second-order valence-corrected chi connectivity index (χ2v) is 8.11. The first-order chi connectivity index (χ1) is 9.77. The largest absolute Gasteiger partial charge is 0.374 e. The molecule has 3 atom stereocenters. The van der Waals surface area contributed by atoms with Gasteiger partial charge in [0.05, 0.1) is 12.2 Å². The topological polar surface area (TPSA) is 9.23 Å². The van der Waals surface area contributed by atoms with Crippen molar-refractivity contribution in [1.29, 1.82) is 0 Å². The van der Waals surface area contributed by atoms with Crippen LogP contribution in [0.15, 0.2) is 0 Å². The Morgan fingerprint density at radius 1 is 0.900 bits per heavy atom. The molecule has 0 aliphatic carbocycles. The van der Waals surface area contributed by atoms with Crippen LogP contribution >= 0.6 is 31.9 Å². The number of hydrogen-bond acceptors (Lipinski definition) is 1. The normalized spacial score (nSPS) is 26.2. The molecule has 0 aromatic rings. The van der Waals surface area contributed by atoms with E-state index in [1.165, 1.54) is 77.0 Å². The number of ether oxygens (including phenoxy) is 1. The quantitative estimate of drug-likeness (QED) is 0.259. The summed E-state index contributed by atoms with van der Waals surface area (Å²) in [5.41, 5.74) is 0. The van der Waals surface area contributed by atoms with Gasteiger partial charge in [-0.3, -0.25) is 0 Å². The summed E-state index contributed by atoms with van der Waals surface area (Å²) in [4.78, 5) is 0.598. The van der Waals surface area contributed by atoms with E-state index in [9.17, 15) is 0 Å². The maximum absolute atomic E-state index is 6.23. The van der Waals surface area contributed by atoms with Crippen LogP contribution in [0.25, 0.3) is 0 Å². The van der Waals surface area contributed by atoms with Crippen LogP contribution in [0.4, 0.5) is 0 Å². The molecule has 1 saturated heterocycles. The van der Waals surface area contributed by atoms with Gasteiger partial charge < -0.3 is 4.74 Å². The Labute approximate surface area is 142 Å². The molecule has 20 heavy (non-hydrogen) atoms. The van der Waals surface area contributed by atoms with E-state index in [4.69, 9.17) is 4.74 Å². The molecule has 3 heteroatoms. The van der Waals surface area contributed by atoms with Crippen LogP contribution in [0.5, 0.6) is 0 Å². The van der Waals surface area contributed by atoms with Crippen LogP contribution < -0.4 is 0 Å². The summed E-state index contributed by atoms with van der Waals surface area (Å²) in [6.07, 6.45) is 16.9. The monoisotopic (exact) mass is 410 g/mol. The van der Waals surface area contributed by atoms with Crippen LogP contribution in [-0.2, 0) is 4.74 Å². The van der Waals surface area contributed by atoms with Crippen LogP contribution in [0.1, 0.15) is 84.0 Å². The zero-order chi connectivity index (χ0) is 14.6. The first-order valence-electron chi connectivity index (χ1n) is 8.63. The highest BCUT2D eigenvalue weighted by Crippen LogP contribution is 2.32. The number of alkyl halides is 2. The van der Waals surface area contributed by atoms with Gasteiger partial charge >= 0.3 is 0 Å². The van der Waals surface area contributed by atoms with Crippen molar-refractivity contribution in [1.82, 2.24) is 0 Å². The lowest BCUT2D eigenvalue weighted by atomic mass is 10.0. The minimum Gasteiger partial charge on any atom is -0.374 e. The summed E-state index contributed by atoms with van der Waals surface area (Å²) in [6.45, 7) is 2.27. The van der Waals surface area contributed by atoms with Crippen molar-refractivity contribution in [2.75, 3.05) is 5.33 Å². The number of hydrogen-bond donors (Lipinski definition) is 0. The van der Waals surface area contributed by atoms with E-state index in [1.54, 1.807) is 0 Å². The summed E-state index contributed by atoms with van der Waals surface area (Å²) in [6, 6.07) is 0. The highest BCUT2D eigenvalue weighted by Gasteiger charge is 2.32. The molecule has 1 aliphatic heterocycles. The second-order valence-electron chi connectivity index (χ2n) is 6.14. The number of unbranched alkanes of at least 4 members (excludes halogenated alkanes) is 7. The van der Waals surface area contributed by atoms with Gasteiger partial charge in [-0.05, 0) is 25.7 Å². The summed E-state index contributed by atoms with van der Waals surface area (Å²) in [5, 5.41) is 1.15. The van der Waals surface area contributed by atoms with E-state index < -0.39 is 0 Å². The third-order valence-electron chi connectivity index (χ3n) is 4.26. The molecule has 1 aliphatic rings. The van der Waals surface area contributed by atoms with Gasteiger partial charge in [0.1, 0.15) is 0 Å². The molecule has 0 aromatic heterocycles. The lowest BCUT2D eigenvalue weighted by molar-refractivity contribution is 0.0349. The molecular weight excluding hydrogens is 380 g/mol. The van der Waals surface area contributed by atoms with Crippen LogP contribution in [0.2, 0.25) is 0 Å². The van der Waals surface area contributed by atoms with Crippen molar-refractivity contribution >= 4 is 31.9 Å². The minimum atomic E-state index is 0.474. The van der Waals surface area contributed by atoms with E-state index in [1.807, 2.05) is 0 Å². The lowest BCUT2D eigenvalue weighted by Crippen LogP contribution is -2.15. The lowest BCUT2D eigenvalue weighted by Gasteiger charge is -2.14. The Balaban J connectivity index is 2.02. The fraction of sp³-hybridized carbons (Fsp3) is 1.00. The number of halogens is 2. The molecule has 0 N–H and O–H groups in total. The second kappa shape index (κ2) is 12.5. The van der Waals surface area contributed by atoms with Gasteiger partial charge in [0, 0.05) is 10.2 Å². The Morgan fingerprint density at radius 2 is 1.55 bits per heavy atom. The Kier molecular flexibility index (Phi) is 11.8. The van der Waals surface area contributed by atoms with Crippen molar-refractivity contribution in [2.24, 2.45) is 0 Å². The molecule has 1 rings (SSSR count). The molecule has 0 aromatic carbocycles. The third kappa shape index (κ3) is 8.38. The van der Waals surface area contributed by atoms with Crippen molar-refractivity contribution in [2.45, 2.75) is 101 Å². The Morgan fingerprint density at radius 3 is 2.30 bits per heavy atom. The van der Waals surface area contributed by atoms with E-state index in [-0.39, 0.29) is 0 Å². The molecule has 0 spiro atoms. The first kappa shape index (κ1) is 19.0. The molecule has 0 amide bonds. The zero-order valence-electron chi connectivity index (χ0n) is 13.1. The molecule has 1 nitrogen and oxygen atoms in total. The standard InChI is InChI=1S/C17H32Br2O/c1-2-3-4-8-11-15-14-16(19)17(20-15)12-9-6-5-7-10-13-18/h15-17H,2-14H2,1H3. The van der Waals surface area contributed by atoms with Gasteiger partial charge in [0.15, 0.2) is 0 Å². The summed E-state index contributed by atoms with van der Waals surface area (Å²) >= 11 is 7.32. The SMILES string of the molecule is CCCCCCC1CC(Br)C(CCCCCCCBr)O1. The van der Waals surface area contributed by atoms with Crippen LogP contribution in [-0.4, -0.2) is 22.4 Å². The fourth-order valence-corrected chi connectivity index (χ4v) is 4.20. The van der Waals surface area contributed by atoms with E-state index in [0.717, 1.165) is 5.33 Å². The third-order valence-corrected chi connectivity index (χ3v) is 5.78. The van der Waals surface area contributed by atoms with E-state index in [2.05, 4.69) is 38.8 Å². The predicted molar refractivity (Wildman–Crippen MR) is 96.2 cm³/mol. The maximum atomic E-state index is 6.23. The maximum Gasteiger partial charge on any atom is 0.0704 e. The van der Waals surface area contributed by atoms with Crippen molar-refractivity contribution < 1.29 is 4.74 Å². The highest BCUT2D eigenvalue weighted by molar-refractivity contribution is 9.09. The molecule has 1 heterocycles. The van der Waals surface area contributed by atoms with Crippen LogP contribution in [0.3, 0.4) is 0 Å². The van der Waals surface area contributed by atoms with Crippen molar-refractivity contribution in [3.63, 3.8) is 0 Å². The predicted octanol–water partition coefficient (Wildman–Crippen LogP) is 6.61. The van der Waals surface area contributed by atoms with E-state index >= 15 is 0 Å². The van der Waals surface area contributed by atoms with Crippen molar-refractivity contribution in [3.8, 4) is 0 Å². The molecular formula is C17H32Br2O. The molecule has 120 valence electrons. The molecule has 1 fully saturated rings. The van der Waals surface area contributed by atoms with E-state index in [0.29, 0.717) is 17.0 Å². The highest BCUT2D eigenvalue weighted by atomic mass is 79.9. The summed E-state index contributed by atoms with van der Waals surface area (Å²) in [5.74, 6) is 0. The Bertz CT molecular complexity index is 223. The zero-order valence-corrected chi connectivity index (χ0v) is 16.3. The average molecular weight is 412 g/mol. The first-order valence-corrected chi connectivity index (χ1v) is 10.7. The molecule has 0 bridgehead atoms. The van der Waals surface area contributed by atoms with Gasteiger partial charge in [-0.15, -0.1) is 0 Å². The fourth-order valence-electron chi connectivity index (χ4n) is 2.99. The minimum absolute atomic E-state index is 0.474. The molecule has 0 saturated carbocycles. The average Bonchev–Trinajstić information content (AvgIpc) is 2.79. The molecule has 3 unspecified atom stereocenters. The summed E-state index contributed by atoms with van der Waals surface area (Å²) in [7, 11) is 0. The Hall–Kier alpha value is 0.920. The smallest absolute Gasteiger partial charge is 0.0704 e. The van der Waals surface area contributed by atoms with Gasteiger partial charge in [0.2, 0.25) is 0 Å². The number of rotatable bonds is 12. The van der Waals surface area contributed by atoms with Gasteiger partial charge in [-0.1, -0.05) is 90.2 Å². The van der Waals surface area contributed by atoms with Gasteiger partial charge in [0.25, 0.3) is 0 Å².